The van der Waals surface area contributed by atoms with E-state index in [0.29, 0.717) is 10.6 Å². The standard InChI is InChI=1S/C13H20N4OS/c1-17-9-10(8-15-17)11(18)16-13(12(14)19)6-4-2-3-5-7-13/h8-9H,2-7H2,1H3,(H2,14,19)(H,16,18). The first-order valence-corrected chi connectivity index (χ1v) is 7.05. The first-order valence-electron chi connectivity index (χ1n) is 6.64. The van der Waals surface area contributed by atoms with Gasteiger partial charge in [0.25, 0.3) is 5.91 Å². The van der Waals surface area contributed by atoms with Crippen molar-refractivity contribution in [3.63, 3.8) is 0 Å². The van der Waals surface area contributed by atoms with Crippen molar-refractivity contribution in [2.45, 2.75) is 44.1 Å². The molecule has 6 heteroatoms. The van der Waals surface area contributed by atoms with Crippen molar-refractivity contribution in [3.8, 4) is 0 Å². The van der Waals surface area contributed by atoms with E-state index in [0.717, 1.165) is 25.7 Å². The molecule has 1 aliphatic rings. The third-order valence-electron chi connectivity index (χ3n) is 3.75. The number of hydrogen-bond acceptors (Lipinski definition) is 3. The first-order chi connectivity index (χ1) is 9.03. The molecule has 0 spiro atoms. The monoisotopic (exact) mass is 280 g/mol. The van der Waals surface area contributed by atoms with Gasteiger partial charge in [-0.05, 0) is 12.8 Å². The van der Waals surface area contributed by atoms with Crippen molar-refractivity contribution in [1.29, 1.82) is 0 Å². The van der Waals surface area contributed by atoms with Crippen LogP contribution in [0.3, 0.4) is 0 Å². The molecule has 5 nitrogen and oxygen atoms in total. The number of aryl methyl sites for hydroxylation is 1. The number of nitrogens with one attached hydrogen (secondary N) is 1. The van der Waals surface area contributed by atoms with Crippen LogP contribution in [-0.4, -0.2) is 26.2 Å². The lowest BCUT2D eigenvalue weighted by Gasteiger charge is -2.32. The molecule has 0 bridgehead atoms. The molecule has 1 aromatic rings. The van der Waals surface area contributed by atoms with Crippen LogP contribution in [0.2, 0.25) is 0 Å². The second-order valence-corrected chi connectivity index (χ2v) is 5.66. The largest absolute Gasteiger partial charge is 0.391 e. The van der Waals surface area contributed by atoms with Crippen molar-refractivity contribution in [2.24, 2.45) is 12.8 Å². The molecule has 0 atom stereocenters. The topological polar surface area (TPSA) is 72.9 Å². The molecule has 3 N–H and O–H groups in total. The van der Waals surface area contributed by atoms with E-state index in [9.17, 15) is 4.79 Å². The lowest BCUT2D eigenvalue weighted by atomic mass is 9.89. The Balaban J connectivity index is 2.16. The minimum Gasteiger partial charge on any atom is -0.391 e. The van der Waals surface area contributed by atoms with Gasteiger partial charge in [-0.1, -0.05) is 37.9 Å². The molecule has 2 rings (SSSR count). The van der Waals surface area contributed by atoms with E-state index in [1.165, 1.54) is 12.8 Å². The van der Waals surface area contributed by atoms with Crippen LogP contribution in [0, 0.1) is 0 Å². The van der Waals surface area contributed by atoms with Crippen LogP contribution in [0.1, 0.15) is 48.9 Å². The summed E-state index contributed by atoms with van der Waals surface area (Å²) < 4.78 is 1.61. The van der Waals surface area contributed by atoms with Gasteiger partial charge in [-0.3, -0.25) is 9.48 Å². The zero-order valence-corrected chi connectivity index (χ0v) is 12.0. The summed E-state index contributed by atoms with van der Waals surface area (Å²) in [6.45, 7) is 0. The van der Waals surface area contributed by atoms with Crippen molar-refractivity contribution < 1.29 is 4.79 Å². The zero-order valence-electron chi connectivity index (χ0n) is 11.2. The highest BCUT2D eigenvalue weighted by atomic mass is 32.1. The lowest BCUT2D eigenvalue weighted by molar-refractivity contribution is 0.0917. The van der Waals surface area contributed by atoms with Crippen LogP contribution in [0.4, 0.5) is 0 Å². The second kappa shape index (κ2) is 5.69. The van der Waals surface area contributed by atoms with Gasteiger partial charge >= 0.3 is 0 Å². The molecular weight excluding hydrogens is 260 g/mol. The normalized spacial score (nSPS) is 18.6. The van der Waals surface area contributed by atoms with E-state index in [1.807, 2.05) is 0 Å². The average Bonchev–Trinajstić information content (AvgIpc) is 2.65. The number of thiocarbonyl (C=S) groups is 1. The predicted molar refractivity (Wildman–Crippen MR) is 77.9 cm³/mol. The summed E-state index contributed by atoms with van der Waals surface area (Å²) >= 11 is 5.20. The Kier molecular flexibility index (Phi) is 4.19. The minimum atomic E-state index is -0.529. The third-order valence-corrected chi connectivity index (χ3v) is 4.14. The maximum Gasteiger partial charge on any atom is 0.255 e. The Morgan fingerprint density at radius 2 is 2.05 bits per heavy atom. The summed E-state index contributed by atoms with van der Waals surface area (Å²) in [5, 5.41) is 7.05. The number of nitrogens with two attached hydrogens (primary N) is 1. The summed E-state index contributed by atoms with van der Waals surface area (Å²) in [5.74, 6) is -0.150. The number of nitrogens with zero attached hydrogens (tertiary/aromatic N) is 2. The van der Waals surface area contributed by atoms with E-state index in [1.54, 1.807) is 24.1 Å². The number of aromatic nitrogens is 2. The van der Waals surface area contributed by atoms with Crippen LogP contribution < -0.4 is 11.1 Å². The Hall–Kier alpha value is -1.43. The Morgan fingerprint density at radius 3 is 2.53 bits per heavy atom. The van der Waals surface area contributed by atoms with Gasteiger partial charge in [-0.15, -0.1) is 0 Å². The number of hydrogen-bond donors (Lipinski definition) is 2. The van der Waals surface area contributed by atoms with Gasteiger partial charge in [0.1, 0.15) is 0 Å². The molecule has 19 heavy (non-hydrogen) atoms. The highest BCUT2D eigenvalue weighted by Gasteiger charge is 2.35. The summed E-state index contributed by atoms with van der Waals surface area (Å²) in [6, 6.07) is 0. The van der Waals surface area contributed by atoms with Crippen molar-refractivity contribution in [2.75, 3.05) is 0 Å². The molecule has 104 valence electrons. The zero-order chi connectivity index (χ0) is 13.9. The van der Waals surface area contributed by atoms with Crippen molar-refractivity contribution in [3.05, 3.63) is 18.0 Å². The number of carbonyl (C=O) groups excluding carboxylic acids is 1. The fourth-order valence-corrected chi connectivity index (χ4v) is 2.85. The smallest absolute Gasteiger partial charge is 0.255 e. The fourth-order valence-electron chi connectivity index (χ4n) is 2.59. The molecule has 1 fully saturated rings. The molecule has 1 aliphatic carbocycles. The van der Waals surface area contributed by atoms with Gasteiger partial charge in [-0.2, -0.15) is 5.10 Å². The highest BCUT2D eigenvalue weighted by molar-refractivity contribution is 7.80. The molecule has 0 unspecified atom stereocenters. The fraction of sp³-hybridized carbons (Fsp3) is 0.615. The molecule has 1 heterocycles. The number of rotatable bonds is 3. The average molecular weight is 280 g/mol. The molecular formula is C13H20N4OS. The molecule has 1 saturated carbocycles. The van der Waals surface area contributed by atoms with E-state index in [4.69, 9.17) is 18.0 Å². The van der Waals surface area contributed by atoms with Gasteiger partial charge < -0.3 is 11.1 Å². The first kappa shape index (κ1) is 14.0. The van der Waals surface area contributed by atoms with Crippen LogP contribution in [0.25, 0.3) is 0 Å². The maximum absolute atomic E-state index is 12.3. The van der Waals surface area contributed by atoms with E-state index in [-0.39, 0.29) is 5.91 Å². The summed E-state index contributed by atoms with van der Waals surface area (Å²) in [6.07, 6.45) is 9.34. The number of amides is 1. The van der Waals surface area contributed by atoms with Gasteiger partial charge in [0.2, 0.25) is 0 Å². The third kappa shape index (κ3) is 3.12. The Morgan fingerprint density at radius 1 is 1.42 bits per heavy atom. The van der Waals surface area contributed by atoms with Crippen LogP contribution in [0.5, 0.6) is 0 Å². The van der Waals surface area contributed by atoms with Crippen LogP contribution in [-0.2, 0) is 7.05 Å². The molecule has 0 radical (unpaired) electrons. The quantitative estimate of drug-likeness (QED) is 0.650. The SMILES string of the molecule is Cn1cc(C(=O)NC2(C(N)=S)CCCCCC2)cn1. The summed E-state index contributed by atoms with van der Waals surface area (Å²) in [4.78, 5) is 12.7. The van der Waals surface area contributed by atoms with E-state index < -0.39 is 5.54 Å². The number of carbonyl (C=O) groups is 1. The van der Waals surface area contributed by atoms with Crippen molar-refractivity contribution in [1.82, 2.24) is 15.1 Å². The molecule has 0 saturated heterocycles. The molecule has 1 aromatic heterocycles. The predicted octanol–water partition coefficient (Wildman–Crippen LogP) is 1.53. The van der Waals surface area contributed by atoms with Gasteiger partial charge in [0.15, 0.2) is 0 Å². The molecule has 1 amide bonds. The van der Waals surface area contributed by atoms with Gasteiger partial charge in [0.05, 0.1) is 22.3 Å². The minimum absolute atomic E-state index is 0.150. The summed E-state index contributed by atoms with van der Waals surface area (Å²) in [7, 11) is 1.78. The van der Waals surface area contributed by atoms with E-state index in [2.05, 4.69) is 10.4 Å². The Labute approximate surface area is 118 Å². The van der Waals surface area contributed by atoms with Gasteiger partial charge in [0, 0.05) is 13.2 Å². The maximum atomic E-state index is 12.3. The van der Waals surface area contributed by atoms with Crippen molar-refractivity contribution >= 4 is 23.1 Å². The van der Waals surface area contributed by atoms with Gasteiger partial charge in [-0.25, -0.2) is 0 Å². The van der Waals surface area contributed by atoms with E-state index >= 15 is 0 Å². The summed E-state index contributed by atoms with van der Waals surface area (Å²) in [5.41, 5.74) is 5.91. The Bertz CT molecular complexity index is 475. The molecule has 0 aromatic carbocycles. The molecule has 0 aliphatic heterocycles. The van der Waals surface area contributed by atoms with Crippen LogP contribution >= 0.6 is 12.2 Å². The highest BCUT2D eigenvalue weighted by Crippen LogP contribution is 2.28. The second-order valence-electron chi connectivity index (χ2n) is 5.22. The lowest BCUT2D eigenvalue weighted by Crippen LogP contribution is -2.56. The van der Waals surface area contributed by atoms with Crippen LogP contribution in [0.15, 0.2) is 12.4 Å².